The van der Waals surface area contributed by atoms with Gasteiger partial charge in [0.2, 0.25) is 0 Å². The monoisotopic (exact) mass is 404 g/mol. The second-order valence-corrected chi connectivity index (χ2v) is 11.5. The zero-order chi connectivity index (χ0) is 20.2. The maximum Gasteiger partial charge on any atom is 0.0878 e. The van der Waals surface area contributed by atoms with Crippen molar-refractivity contribution in [3.63, 3.8) is 0 Å². The van der Waals surface area contributed by atoms with Gasteiger partial charge in [-0.3, -0.25) is 0 Å². The fourth-order valence-corrected chi connectivity index (χ4v) is 6.86. The molecule has 152 valence electrons. The Hall–Kier alpha value is -2.11. The van der Waals surface area contributed by atoms with Gasteiger partial charge in [-0.25, -0.2) is 0 Å². The van der Waals surface area contributed by atoms with E-state index < -0.39 is 7.14 Å². The van der Waals surface area contributed by atoms with Gasteiger partial charge in [0.15, 0.2) is 0 Å². The van der Waals surface area contributed by atoms with Crippen LogP contribution in [0.4, 0.5) is 0 Å². The summed E-state index contributed by atoms with van der Waals surface area (Å²) < 4.78 is 13.8. The van der Waals surface area contributed by atoms with Crippen LogP contribution in [0.15, 0.2) is 91.0 Å². The van der Waals surface area contributed by atoms with Gasteiger partial charge in [-0.1, -0.05) is 91.0 Å². The fraction of sp³-hybridized carbons (Fsp3) is 0.333. The van der Waals surface area contributed by atoms with Crippen molar-refractivity contribution in [1.82, 2.24) is 0 Å². The van der Waals surface area contributed by atoms with Crippen molar-refractivity contribution in [2.75, 3.05) is 18.5 Å². The third-order valence-corrected chi connectivity index (χ3v) is 9.02. The molecule has 0 spiro atoms. The average Bonchev–Trinajstić information content (AvgIpc) is 2.76. The second kappa shape index (κ2) is 11.8. The molecule has 29 heavy (non-hydrogen) atoms. The third kappa shape index (κ3) is 8.03. The molecule has 0 bridgehead atoms. The van der Waals surface area contributed by atoms with Gasteiger partial charge in [0.05, 0.1) is 7.14 Å². The van der Waals surface area contributed by atoms with E-state index in [0.717, 1.165) is 57.0 Å². The summed E-state index contributed by atoms with van der Waals surface area (Å²) in [5.41, 5.74) is 4.06. The largest absolute Gasteiger partial charge is 0.324 e. The van der Waals surface area contributed by atoms with Crippen molar-refractivity contribution in [3.05, 3.63) is 108 Å². The molecule has 3 aromatic carbocycles. The van der Waals surface area contributed by atoms with Gasteiger partial charge >= 0.3 is 0 Å². The lowest BCUT2D eigenvalue weighted by molar-refractivity contribution is 0.568. The molecule has 0 radical (unpaired) electrons. The van der Waals surface area contributed by atoms with Gasteiger partial charge in [-0.05, 0) is 55.2 Å². The van der Waals surface area contributed by atoms with Crippen LogP contribution < -0.4 is 0 Å². The predicted octanol–water partition coefficient (Wildman–Crippen LogP) is 7.25. The predicted molar refractivity (Wildman–Crippen MR) is 126 cm³/mol. The number of hydrogen-bond acceptors (Lipinski definition) is 1. The minimum Gasteiger partial charge on any atom is -0.324 e. The lowest BCUT2D eigenvalue weighted by Gasteiger charge is -2.19. The second-order valence-electron chi connectivity index (χ2n) is 8.00. The maximum absolute atomic E-state index is 13.8. The first-order valence-electron chi connectivity index (χ1n) is 10.9. The topological polar surface area (TPSA) is 17.1 Å². The molecule has 0 heterocycles. The SMILES string of the molecule is O=P(CCCc1ccccc1)(CCCc1ccccc1)CCCc1ccccc1. The molecule has 0 unspecified atom stereocenters. The van der Waals surface area contributed by atoms with E-state index >= 15 is 0 Å². The minimum atomic E-state index is -2.13. The van der Waals surface area contributed by atoms with Gasteiger partial charge in [0.1, 0.15) is 0 Å². The van der Waals surface area contributed by atoms with Gasteiger partial charge in [0.25, 0.3) is 0 Å². The summed E-state index contributed by atoms with van der Waals surface area (Å²) in [6, 6.07) is 31.8. The van der Waals surface area contributed by atoms with E-state index in [1.165, 1.54) is 16.7 Å². The fourth-order valence-electron chi connectivity index (χ4n) is 3.98. The summed E-state index contributed by atoms with van der Waals surface area (Å²) >= 11 is 0. The van der Waals surface area contributed by atoms with E-state index in [4.69, 9.17) is 0 Å². The molecule has 3 rings (SSSR count). The van der Waals surface area contributed by atoms with Gasteiger partial charge in [-0.2, -0.15) is 0 Å². The van der Waals surface area contributed by atoms with Crippen LogP contribution in [0.5, 0.6) is 0 Å². The zero-order valence-corrected chi connectivity index (χ0v) is 18.3. The highest BCUT2D eigenvalue weighted by atomic mass is 31.2. The summed E-state index contributed by atoms with van der Waals surface area (Å²) in [5.74, 6) is 0. The molecule has 0 fully saturated rings. The highest BCUT2D eigenvalue weighted by Gasteiger charge is 2.21. The highest BCUT2D eigenvalue weighted by Crippen LogP contribution is 2.48. The van der Waals surface area contributed by atoms with Crippen LogP contribution in [0, 0.1) is 0 Å². The lowest BCUT2D eigenvalue weighted by Crippen LogP contribution is -2.04. The van der Waals surface area contributed by atoms with Crippen molar-refractivity contribution in [1.29, 1.82) is 0 Å². The van der Waals surface area contributed by atoms with Crippen LogP contribution in [0.25, 0.3) is 0 Å². The van der Waals surface area contributed by atoms with Crippen molar-refractivity contribution >= 4 is 7.14 Å². The number of rotatable bonds is 12. The Kier molecular flexibility index (Phi) is 8.78. The Morgan fingerprint density at radius 3 is 1.00 bits per heavy atom. The smallest absolute Gasteiger partial charge is 0.0878 e. The van der Waals surface area contributed by atoms with Gasteiger partial charge in [0, 0.05) is 18.5 Å². The van der Waals surface area contributed by atoms with Gasteiger partial charge < -0.3 is 4.57 Å². The lowest BCUT2D eigenvalue weighted by atomic mass is 10.1. The molecule has 2 heteroatoms. The molecule has 0 aliphatic carbocycles. The molecule has 1 nitrogen and oxygen atoms in total. The van der Waals surface area contributed by atoms with Crippen molar-refractivity contribution in [2.24, 2.45) is 0 Å². The Labute approximate surface area is 176 Å². The van der Waals surface area contributed by atoms with Crippen molar-refractivity contribution < 1.29 is 4.57 Å². The van der Waals surface area contributed by atoms with Crippen LogP contribution in [0.1, 0.15) is 36.0 Å². The first-order chi connectivity index (χ1) is 14.2. The molecule has 0 saturated carbocycles. The van der Waals surface area contributed by atoms with E-state index in [1.807, 2.05) is 0 Å². The summed E-state index contributed by atoms with van der Waals surface area (Å²) in [7, 11) is -2.13. The summed E-state index contributed by atoms with van der Waals surface area (Å²) in [6.07, 6.45) is 8.81. The number of hydrogen-bond donors (Lipinski definition) is 0. The minimum absolute atomic E-state index is 0.880. The molecule has 0 amide bonds. The highest BCUT2D eigenvalue weighted by molar-refractivity contribution is 7.63. The number of aryl methyl sites for hydroxylation is 3. The van der Waals surface area contributed by atoms with Crippen LogP contribution in [-0.2, 0) is 23.8 Å². The van der Waals surface area contributed by atoms with Crippen LogP contribution in [0.3, 0.4) is 0 Å². The average molecular weight is 405 g/mol. The van der Waals surface area contributed by atoms with Crippen molar-refractivity contribution in [3.8, 4) is 0 Å². The molecule has 0 aromatic heterocycles. The van der Waals surface area contributed by atoms with E-state index in [9.17, 15) is 4.57 Å². The molecular weight excluding hydrogens is 371 g/mol. The molecule has 0 saturated heterocycles. The Morgan fingerprint density at radius 1 is 0.448 bits per heavy atom. The molecular formula is C27H33OP. The van der Waals surface area contributed by atoms with Crippen molar-refractivity contribution in [2.45, 2.75) is 38.5 Å². The Morgan fingerprint density at radius 2 is 0.724 bits per heavy atom. The normalized spacial score (nSPS) is 11.4. The molecule has 0 aliphatic heterocycles. The first-order valence-corrected chi connectivity index (χ1v) is 13.2. The standard InChI is InChI=1S/C27H33OP/c28-29(22-10-19-25-13-4-1-5-14-25,23-11-20-26-15-6-2-7-16-26)24-12-21-27-17-8-3-9-18-27/h1-9,13-18H,10-12,19-24H2. The third-order valence-electron chi connectivity index (χ3n) is 5.62. The zero-order valence-electron chi connectivity index (χ0n) is 17.4. The van der Waals surface area contributed by atoms with E-state index in [0.29, 0.717) is 0 Å². The summed E-state index contributed by atoms with van der Waals surface area (Å²) in [4.78, 5) is 0. The van der Waals surface area contributed by atoms with Crippen LogP contribution in [0.2, 0.25) is 0 Å². The molecule has 3 aromatic rings. The Bertz CT molecular complexity index is 741. The van der Waals surface area contributed by atoms with E-state index in [1.54, 1.807) is 0 Å². The molecule has 0 atom stereocenters. The van der Waals surface area contributed by atoms with Crippen LogP contribution >= 0.6 is 7.14 Å². The quantitative estimate of drug-likeness (QED) is 0.291. The Balaban J connectivity index is 1.52. The summed E-state index contributed by atoms with van der Waals surface area (Å²) in [6.45, 7) is 0. The first kappa shape index (κ1) is 21.6. The molecule has 0 aliphatic rings. The van der Waals surface area contributed by atoms with E-state index in [2.05, 4.69) is 91.0 Å². The summed E-state index contributed by atoms with van der Waals surface area (Å²) in [5, 5.41) is 0. The molecule has 0 N–H and O–H groups in total. The maximum atomic E-state index is 13.8. The van der Waals surface area contributed by atoms with E-state index in [-0.39, 0.29) is 0 Å². The van der Waals surface area contributed by atoms with Gasteiger partial charge in [-0.15, -0.1) is 0 Å². The van der Waals surface area contributed by atoms with Crippen LogP contribution in [-0.4, -0.2) is 18.5 Å². The number of benzene rings is 3.